The molecule has 0 unspecified atom stereocenters. The van der Waals surface area contributed by atoms with E-state index in [9.17, 15) is 14.4 Å². The van der Waals surface area contributed by atoms with Crippen LogP contribution in [0, 0.1) is 5.41 Å². The van der Waals surface area contributed by atoms with Gasteiger partial charge < -0.3 is 15.7 Å². The molecule has 0 radical (unpaired) electrons. The summed E-state index contributed by atoms with van der Waals surface area (Å²) in [6.07, 6.45) is -0.0595. The van der Waals surface area contributed by atoms with Crippen molar-refractivity contribution in [2.75, 3.05) is 10.6 Å². The number of rotatable bonds is 5. The van der Waals surface area contributed by atoms with E-state index in [1.54, 1.807) is 48.5 Å². The molecule has 2 amide bonds. The molecule has 3 N–H and O–H groups in total. The summed E-state index contributed by atoms with van der Waals surface area (Å²) in [6.45, 7) is 5.48. The van der Waals surface area contributed by atoms with Crippen molar-refractivity contribution in [2.24, 2.45) is 5.41 Å². The Bertz CT molecular complexity index is 803. The van der Waals surface area contributed by atoms with Crippen molar-refractivity contribution in [2.45, 2.75) is 27.2 Å². The van der Waals surface area contributed by atoms with E-state index < -0.39 is 11.4 Å². The van der Waals surface area contributed by atoms with Crippen LogP contribution in [0.5, 0.6) is 0 Å². The minimum atomic E-state index is -0.902. The Kier molecular flexibility index (Phi) is 5.77. The van der Waals surface area contributed by atoms with Crippen molar-refractivity contribution in [3.05, 3.63) is 59.7 Å². The third kappa shape index (κ3) is 5.44. The zero-order valence-corrected chi connectivity index (χ0v) is 15.0. The lowest BCUT2D eigenvalue weighted by Gasteiger charge is -2.17. The van der Waals surface area contributed by atoms with Gasteiger partial charge in [0.1, 0.15) is 0 Å². The minimum absolute atomic E-state index is 0.0595. The molecule has 2 aromatic rings. The number of anilines is 2. The van der Waals surface area contributed by atoms with Gasteiger partial charge in [-0.15, -0.1) is 0 Å². The molecule has 0 atom stereocenters. The van der Waals surface area contributed by atoms with Crippen LogP contribution in [0.2, 0.25) is 0 Å². The molecular formula is C20H22N2O4. The molecule has 0 heterocycles. The lowest BCUT2D eigenvalue weighted by Crippen LogP contribution is -2.27. The van der Waals surface area contributed by atoms with Crippen molar-refractivity contribution >= 4 is 29.2 Å². The van der Waals surface area contributed by atoms with E-state index in [1.807, 2.05) is 20.8 Å². The predicted octanol–water partition coefficient (Wildman–Crippen LogP) is 3.55. The molecule has 0 aliphatic heterocycles. The number of hydrogen-bond donors (Lipinski definition) is 3. The van der Waals surface area contributed by atoms with Crippen molar-refractivity contribution in [1.82, 2.24) is 0 Å². The Morgan fingerprint density at radius 2 is 1.35 bits per heavy atom. The highest BCUT2D eigenvalue weighted by Gasteiger charge is 2.21. The molecular weight excluding hydrogens is 332 g/mol. The van der Waals surface area contributed by atoms with Crippen LogP contribution in [-0.4, -0.2) is 22.9 Å². The van der Waals surface area contributed by atoms with Crippen LogP contribution in [0.3, 0.4) is 0 Å². The van der Waals surface area contributed by atoms with Gasteiger partial charge in [0.2, 0.25) is 5.91 Å². The second-order valence-electron chi connectivity index (χ2n) is 7.00. The fraction of sp³-hybridized carbons (Fsp3) is 0.250. The molecule has 0 saturated heterocycles. The zero-order valence-electron chi connectivity index (χ0n) is 15.0. The molecule has 0 spiro atoms. The van der Waals surface area contributed by atoms with Crippen molar-refractivity contribution in [3.63, 3.8) is 0 Å². The molecule has 6 heteroatoms. The Labute approximate surface area is 152 Å². The number of aliphatic carboxylic acids is 1. The highest BCUT2D eigenvalue weighted by molar-refractivity contribution is 6.04. The van der Waals surface area contributed by atoms with Gasteiger partial charge in [0.05, 0.1) is 6.42 Å². The van der Waals surface area contributed by atoms with Gasteiger partial charge in [-0.05, 0) is 42.0 Å². The Hall–Kier alpha value is -3.15. The quantitative estimate of drug-likeness (QED) is 0.765. The summed E-state index contributed by atoms with van der Waals surface area (Å²) in [7, 11) is 0. The smallest absolute Gasteiger partial charge is 0.307 e. The predicted molar refractivity (Wildman–Crippen MR) is 100 cm³/mol. The molecule has 136 valence electrons. The van der Waals surface area contributed by atoms with Gasteiger partial charge in [-0.25, -0.2) is 0 Å². The average molecular weight is 354 g/mol. The first-order valence-electron chi connectivity index (χ1n) is 8.19. The minimum Gasteiger partial charge on any atom is -0.481 e. The van der Waals surface area contributed by atoms with Crippen LogP contribution in [-0.2, 0) is 16.0 Å². The number of carbonyl (C=O) groups is 3. The Balaban J connectivity index is 1.99. The van der Waals surface area contributed by atoms with Gasteiger partial charge >= 0.3 is 5.97 Å². The first-order chi connectivity index (χ1) is 12.1. The number of benzene rings is 2. The molecule has 0 aliphatic carbocycles. The maximum absolute atomic E-state index is 12.3. The molecule has 2 aromatic carbocycles. The molecule has 0 bridgehead atoms. The molecule has 0 saturated carbocycles. The number of nitrogens with one attached hydrogen (secondary N) is 2. The van der Waals surface area contributed by atoms with E-state index in [0.29, 0.717) is 22.5 Å². The standard InChI is InChI=1S/C20H22N2O4/c1-20(2,3)19(26)22-16-10-6-14(7-11-16)18(25)21-15-8-4-13(5-9-15)12-17(23)24/h4-11H,12H2,1-3H3,(H,21,25)(H,22,26)(H,23,24). The van der Waals surface area contributed by atoms with Crippen LogP contribution in [0.15, 0.2) is 48.5 Å². The van der Waals surface area contributed by atoms with Gasteiger partial charge in [0.15, 0.2) is 0 Å². The average Bonchev–Trinajstić information content (AvgIpc) is 2.56. The topological polar surface area (TPSA) is 95.5 Å². The fourth-order valence-electron chi connectivity index (χ4n) is 2.11. The van der Waals surface area contributed by atoms with Crippen LogP contribution in [0.4, 0.5) is 11.4 Å². The highest BCUT2D eigenvalue weighted by Crippen LogP contribution is 2.18. The number of hydrogen-bond acceptors (Lipinski definition) is 3. The normalized spacial score (nSPS) is 10.9. The molecule has 6 nitrogen and oxygen atoms in total. The maximum atomic E-state index is 12.3. The van der Waals surface area contributed by atoms with E-state index in [1.165, 1.54) is 0 Å². The Morgan fingerprint density at radius 3 is 1.85 bits per heavy atom. The lowest BCUT2D eigenvalue weighted by atomic mass is 9.95. The second kappa shape index (κ2) is 7.82. The van der Waals surface area contributed by atoms with Crippen molar-refractivity contribution < 1.29 is 19.5 Å². The number of amides is 2. The van der Waals surface area contributed by atoms with Crippen molar-refractivity contribution in [3.8, 4) is 0 Å². The highest BCUT2D eigenvalue weighted by atomic mass is 16.4. The molecule has 2 rings (SSSR count). The summed E-state index contributed by atoms with van der Waals surface area (Å²) in [5.74, 6) is -1.29. The third-order valence-electron chi connectivity index (χ3n) is 3.65. The first-order valence-corrected chi connectivity index (χ1v) is 8.19. The van der Waals surface area contributed by atoms with Gasteiger partial charge in [0.25, 0.3) is 5.91 Å². The van der Waals surface area contributed by atoms with Crippen molar-refractivity contribution in [1.29, 1.82) is 0 Å². The van der Waals surface area contributed by atoms with Crippen LogP contribution in [0.25, 0.3) is 0 Å². The van der Waals surface area contributed by atoms with E-state index in [0.717, 1.165) is 0 Å². The molecule has 0 fully saturated rings. The summed E-state index contributed by atoms with van der Waals surface area (Å²) in [6, 6.07) is 13.3. The summed E-state index contributed by atoms with van der Waals surface area (Å²) >= 11 is 0. The lowest BCUT2D eigenvalue weighted by molar-refractivity contribution is -0.136. The summed E-state index contributed by atoms with van der Waals surface area (Å²) in [5.41, 5.74) is 1.82. The Morgan fingerprint density at radius 1 is 0.846 bits per heavy atom. The SMILES string of the molecule is CC(C)(C)C(=O)Nc1ccc(C(=O)Nc2ccc(CC(=O)O)cc2)cc1. The first kappa shape index (κ1) is 19.2. The van der Waals surface area contributed by atoms with E-state index in [4.69, 9.17) is 5.11 Å². The second-order valence-corrected chi connectivity index (χ2v) is 7.00. The number of carboxylic acid groups (broad SMARTS) is 1. The monoisotopic (exact) mass is 354 g/mol. The zero-order chi connectivity index (χ0) is 19.3. The van der Waals surface area contributed by atoms with Gasteiger partial charge in [-0.2, -0.15) is 0 Å². The maximum Gasteiger partial charge on any atom is 0.307 e. The van der Waals surface area contributed by atoms with E-state index in [2.05, 4.69) is 10.6 Å². The number of carboxylic acids is 1. The molecule has 0 aliphatic rings. The molecule has 0 aromatic heterocycles. The number of carbonyl (C=O) groups excluding carboxylic acids is 2. The van der Waals surface area contributed by atoms with Crippen LogP contribution >= 0.6 is 0 Å². The van der Waals surface area contributed by atoms with Crippen LogP contribution < -0.4 is 10.6 Å². The summed E-state index contributed by atoms with van der Waals surface area (Å²) in [5, 5.41) is 14.3. The van der Waals surface area contributed by atoms with E-state index in [-0.39, 0.29) is 18.2 Å². The summed E-state index contributed by atoms with van der Waals surface area (Å²) in [4.78, 5) is 34.9. The van der Waals surface area contributed by atoms with Gasteiger partial charge in [-0.3, -0.25) is 14.4 Å². The third-order valence-corrected chi connectivity index (χ3v) is 3.65. The van der Waals surface area contributed by atoms with Gasteiger partial charge in [-0.1, -0.05) is 32.9 Å². The molecule has 26 heavy (non-hydrogen) atoms. The van der Waals surface area contributed by atoms with Gasteiger partial charge in [0, 0.05) is 22.4 Å². The summed E-state index contributed by atoms with van der Waals surface area (Å²) < 4.78 is 0. The fourth-order valence-corrected chi connectivity index (χ4v) is 2.11. The van der Waals surface area contributed by atoms with Crippen LogP contribution in [0.1, 0.15) is 36.7 Å². The van der Waals surface area contributed by atoms with E-state index >= 15 is 0 Å². The largest absolute Gasteiger partial charge is 0.481 e.